The first kappa shape index (κ1) is 19.8. The Labute approximate surface area is 182 Å². The summed E-state index contributed by atoms with van der Waals surface area (Å²) in [6.07, 6.45) is 3.28. The van der Waals surface area contributed by atoms with Crippen LogP contribution in [-0.4, -0.2) is 35.1 Å². The van der Waals surface area contributed by atoms with E-state index in [-0.39, 0.29) is 18.0 Å². The topological polar surface area (TPSA) is 91.1 Å². The Kier molecular flexibility index (Phi) is 4.66. The van der Waals surface area contributed by atoms with Crippen LogP contribution in [0.2, 0.25) is 0 Å². The van der Waals surface area contributed by atoms with Gasteiger partial charge in [0.15, 0.2) is 11.4 Å². The monoisotopic (exact) mass is 430 g/mol. The van der Waals surface area contributed by atoms with Crippen LogP contribution in [0.25, 0.3) is 28.3 Å². The maximum atomic E-state index is 13.4. The summed E-state index contributed by atoms with van der Waals surface area (Å²) in [7, 11) is 1.91. The molecule has 0 spiro atoms. The molecule has 0 atom stereocenters. The van der Waals surface area contributed by atoms with E-state index in [0.29, 0.717) is 28.4 Å². The van der Waals surface area contributed by atoms with Gasteiger partial charge < -0.3 is 9.09 Å². The van der Waals surface area contributed by atoms with Crippen LogP contribution in [0.5, 0.6) is 0 Å². The first-order valence-corrected chi connectivity index (χ1v) is 10.00. The Hall–Kier alpha value is -4.14. The standard InChI is InChI=1S/C23H19FN6O2/c1-13-18(11-25-32-13)20(31)10-17-12-30-21(27-17)9-8-19(28-30)23-22(26-14(2)29(23)3)15-4-6-16(24)7-5-15/h4-9,11-12H,10H2,1-3H3. The largest absolute Gasteiger partial charge is 0.361 e. The number of carbonyl (C=O) groups is 1. The van der Waals surface area contributed by atoms with Gasteiger partial charge in [-0.15, -0.1) is 0 Å². The Morgan fingerprint density at radius 3 is 2.59 bits per heavy atom. The molecule has 32 heavy (non-hydrogen) atoms. The molecular weight excluding hydrogens is 411 g/mol. The number of hydrogen-bond acceptors (Lipinski definition) is 6. The van der Waals surface area contributed by atoms with Crippen molar-refractivity contribution in [1.82, 2.24) is 29.3 Å². The molecular formula is C23H19FN6O2. The number of Topliss-reactive ketones (excluding diaryl/α,β-unsaturated/α-hetero) is 1. The van der Waals surface area contributed by atoms with Crippen molar-refractivity contribution in [1.29, 1.82) is 0 Å². The molecule has 160 valence electrons. The van der Waals surface area contributed by atoms with Crippen molar-refractivity contribution in [2.24, 2.45) is 7.05 Å². The summed E-state index contributed by atoms with van der Waals surface area (Å²) in [5.41, 5.74) is 4.68. The van der Waals surface area contributed by atoms with Gasteiger partial charge in [-0.05, 0) is 50.2 Å². The molecule has 0 unspecified atom stereocenters. The highest BCUT2D eigenvalue weighted by Crippen LogP contribution is 2.31. The number of nitrogens with zero attached hydrogens (tertiary/aromatic N) is 6. The minimum Gasteiger partial charge on any atom is -0.361 e. The molecule has 0 radical (unpaired) electrons. The molecule has 1 aromatic carbocycles. The lowest BCUT2D eigenvalue weighted by atomic mass is 10.1. The van der Waals surface area contributed by atoms with E-state index in [1.807, 2.05) is 30.7 Å². The zero-order valence-electron chi connectivity index (χ0n) is 17.7. The van der Waals surface area contributed by atoms with Crippen LogP contribution in [0.15, 0.2) is 53.3 Å². The summed E-state index contributed by atoms with van der Waals surface area (Å²) in [6, 6.07) is 9.94. The molecule has 0 amide bonds. The third kappa shape index (κ3) is 3.37. The molecule has 0 aliphatic carbocycles. The Morgan fingerprint density at radius 1 is 1.09 bits per heavy atom. The molecule has 9 heteroatoms. The Bertz CT molecular complexity index is 1460. The van der Waals surface area contributed by atoms with Gasteiger partial charge in [-0.25, -0.2) is 18.9 Å². The number of rotatable bonds is 5. The van der Waals surface area contributed by atoms with Crippen LogP contribution in [0.4, 0.5) is 4.39 Å². The second-order valence-corrected chi connectivity index (χ2v) is 7.57. The number of aromatic nitrogens is 6. The second-order valence-electron chi connectivity index (χ2n) is 7.57. The van der Waals surface area contributed by atoms with Crippen LogP contribution in [0.1, 0.15) is 27.6 Å². The summed E-state index contributed by atoms with van der Waals surface area (Å²) >= 11 is 0. The van der Waals surface area contributed by atoms with Crippen LogP contribution < -0.4 is 0 Å². The van der Waals surface area contributed by atoms with Crippen molar-refractivity contribution < 1.29 is 13.7 Å². The lowest BCUT2D eigenvalue weighted by Gasteiger charge is -2.07. The molecule has 0 fully saturated rings. The van der Waals surface area contributed by atoms with Gasteiger partial charge in [0.1, 0.15) is 23.1 Å². The zero-order valence-corrected chi connectivity index (χ0v) is 17.7. The molecule has 5 rings (SSSR count). The van der Waals surface area contributed by atoms with Gasteiger partial charge in [0.2, 0.25) is 0 Å². The van der Waals surface area contributed by atoms with Crippen LogP contribution in [0, 0.1) is 19.7 Å². The van der Waals surface area contributed by atoms with Gasteiger partial charge in [-0.1, -0.05) is 5.16 Å². The summed E-state index contributed by atoms with van der Waals surface area (Å²) in [5, 5.41) is 8.37. The average Bonchev–Trinajstić information content (AvgIpc) is 3.45. The van der Waals surface area contributed by atoms with Crippen LogP contribution >= 0.6 is 0 Å². The maximum absolute atomic E-state index is 13.4. The van der Waals surface area contributed by atoms with E-state index in [4.69, 9.17) is 9.62 Å². The Morgan fingerprint density at radius 2 is 1.88 bits per heavy atom. The normalized spacial score (nSPS) is 11.4. The number of carbonyl (C=O) groups excluding carboxylic acids is 1. The van der Waals surface area contributed by atoms with Gasteiger partial charge in [0.05, 0.1) is 41.5 Å². The van der Waals surface area contributed by atoms with Gasteiger partial charge in [0.25, 0.3) is 0 Å². The quantitative estimate of drug-likeness (QED) is 0.392. The van der Waals surface area contributed by atoms with Crippen LogP contribution in [0.3, 0.4) is 0 Å². The van der Waals surface area contributed by atoms with Gasteiger partial charge >= 0.3 is 0 Å². The highest BCUT2D eigenvalue weighted by Gasteiger charge is 2.19. The van der Waals surface area contributed by atoms with Crippen molar-refractivity contribution >= 4 is 11.4 Å². The molecule has 4 heterocycles. The van der Waals surface area contributed by atoms with Gasteiger partial charge in [-0.2, -0.15) is 5.10 Å². The van der Waals surface area contributed by atoms with Crippen molar-refractivity contribution in [3.05, 3.63) is 77.5 Å². The second kappa shape index (κ2) is 7.52. The van der Waals surface area contributed by atoms with E-state index in [2.05, 4.69) is 15.1 Å². The van der Waals surface area contributed by atoms with Crippen LogP contribution in [-0.2, 0) is 13.5 Å². The smallest absolute Gasteiger partial charge is 0.174 e. The first-order valence-electron chi connectivity index (χ1n) is 10.00. The molecule has 5 aromatic rings. The number of halogens is 1. The number of fused-ring (bicyclic) bond motifs is 1. The first-order chi connectivity index (χ1) is 15.4. The van der Waals surface area contributed by atoms with Gasteiger partial charge in [0, 0.05) is 12.6 Å². The SMILES string of the molecule is Cc1oncc1C(=O)Cc1cn2nc(-c3c(-c4ccc(F)cc4)nc(C)n3C)ccc2n1. The van der Waals surface area contributed by atoms with Gasteiger partial charge in [-0.3, -0.25) is 4.79 Å². The predicted molar refractivity (Wildman–Crippen MR) is 115 cm³/mol. The number of imidazole rings is 2. The fourth-order valence-corrected chi connectivity index (χ4v) is 3.68. The van der Waals surface area contributed by atoms with Crippen molar-refractivity contribution in [2.45, 2.75) is 20.3 Å². The Balaban J connectivity index is 1.53. The van der Waals surface area contributed by atoms with Crippen molar-refractivity contribution in [3.8, 4) is 22.6 Å². The molecule has 0 aliphatic rings. The number of hydrogen-bond donors (Lipinski definition) is 0. The summed E-state index contributed by atoms with van der Waals surface area (Å²) < 4.78 is 22.0. The molecule has 0 saturated carbocycles. The fourth-order valence-electron chi connectivity index (χ4n) is 3.68. The third-order valence-corrected chi connectivity index (χ3v) is 5.44. The lowest BCUT2D eigenvalue weighted by molar-refractivity contribution is 0.0990. The minimum absolute atomic E-state index is 0.117. The third-order valence-electron chi connectivity index (χ3n) is 5.44. The minimum atomic E-state index is -0.301. The summed E-state index contributed by atoms with van der Waals surface area (Å²) in [6.45, 7) is 3.61. The molecule has 0 aliphatic heterocycles. The lowest BCUT2D eigenvalue weighted by Crippen LogP contribution is -2.04. The van der Waals surface area contributed by atoms with E-state index in [9.17, 15) is 9.18 Å². The number of aryl methyl sites for hydroxylation is 2. The van der Waals surface area contributed by atoms with E-state index >= 15 is 0 Å². The average molecular weight is 430 g/mol. The molecule has 0 bridgehead atoms. The molecule has 0 N–H and O–H groups in total. The van der Waals surface area contributed by atoms with Crippen molar-refractivity contribution in [3.63, 3.8) is 0 Å². The van der Waals surface area contributed by atoms with Crippen molar-refractivity contribution in [2.75, 3.05) is 0 Å². The highest BCUT2D eigenvalue weighted by molar-refractivity contribution is 5.97. The number of ketones is 1. The zero-order chi connectivity index (χ0) is 22.4. The van der Waals surface area contributed by atoms with E-state index in [1.165, 1.54) is 18.3 Å². The van der Waals surface area contributed by atoms with E-state index in [1.54, 1.807) is 29.8 Å². The summed E-state index contributed by atoms with van der Waals surface area (Å²) in [5.74, 6) is 0.874. The molecule has 4 aromatic heterocycles. The number of benzene rings is 1. The summed E-state index contributed by atoms with van der Waals surface area (Å²) in [4.78, 5) is 21.7. The molecule has 8 nitrogen and oxygen atoms in total. The van der Waals surface area contributed by atoms with E-state index < -0.39 is 0 Å². The predicted octanol–water partition coefficient (Wildman–Crippen LogP) is 3.97. The fraction of sp³-hybridized carbons (Fsp3) is 0.174. The highest BCUT2D eigenvalue weighted by atomic mass is 19.1. The molecule has 0 saturated heterocycles. The van der Waals surface area contributed by atoms with E-state index in [0.717, 1.165) is 22.8 Å². The maximum Gasteiger partial charge on any atom is 0.174 e.